The molecule has 0 amide bonds. The van der Waals surface area contributed by atoms with Gasteiger partial charge in [0.1, 0.15) is 5.82 Å². The summed E-state index contributed by atoms with van der Waals surface area (Å²) in [5.41, 5.74) is 0.936. The van der Waals surface area contributed by atoms with E-state index in [1.807, 2.05) is 13.3 Å². The first-order valence-electron chi connectivity index (χ1n) is 2.98. The van der Waals surface area contributed by atoms with Gasteiger partial charge in [-0.1, -0.05) is 24.6 Å². The van der Waals surface area contributed by atoms with Gasteiger partial charge in [0, 0.05) is 5.02 Å². The van der Waals surface area contributed by atoms with Crippen LogP contribution in [0.25, 0.3) is 0 Å². The van der Waals surface area contributed by atoms with Crippen LogP contribution < -0.4 is 0 Å². The molecule has 0 N–H and O–H groups in total. The van der Waals surface area contributed by atoms with E-state index < -0.39 is 0 Å². The maximum absolute atomic E-state index is 12.5. The van der Waals surface area contributed by atoms with Gasteiger partial charge in [-0.3, -0.25) is 0 Å². The van der Waals surface area contributed by atoms with Gasteiger partial charge < -0.3 is 0 Å². The lowest BCUT2D eigenvalue weighted by Gasteiger charge is -2.05. The van der Waals surface area contributed by atoms with Crippen LogP contribution >= 0.6 is 11.6 Å². The molecule has 54 valence electrons. The van der Waals surface area contributed by atoms with Gasteiger partial charge in [-0.2, -0.15) is 18.1 Å². The molecule has 0 aromatic heterocycles. The zero-order valence-corrected chi connectivity index (χ0v) is 6.32. The quantitative estimate of drug-likeness (QED) is 0.550. The molecule has 10 heavy (non-hydrogen) atoms. The van der Waals surface area contributed by atoms with Gasteiger partial charge in [-0.15, -0.1) is 6.07 Å². The van der Waals surface area contributed by atoms with Crippen LogP contribution in [0.2, 0.25) is 5.02 Å². The van der Waals surface area contributed by atoms with E-state index in [1.165, 1.54) is 6.07 Å². The standard InChI is InChI=1S/C8H7ClF/c1-2-6-3-4-8(10)7(9)5-6/h2-5H,1H3/q-1. The highest BCUT2D eigenvalue weighted by Crippen LogP contribution is 2.16. The summed E-state index contributed by atoms with van der Waals surface area (Å²) in [7, 11) is 0. The lowest BCUT2D eigenvalue weighted by atomic mass is 10.2. The number of halogens is 2. The van der Waals surface area contributed by atoms with Crippen LogP contribution in [0.5, 0.6) is 0 Å². The van der Waals surface area contributed by atoms with E-state index in [4.69, 9.17) is 11.6 Å². The molecule has 0 aliphatic carbocycles. The van der Waals surface area contributed by atoms with E-state index >= 15 is 0 Å². The second-order valence-corrected chi connectivity index (χ2v) is 2.37. The molecular weight excluding hydrogens is 151 g/mol. The molecular formula is C8H7ClF-. The topological polar surface area (TPSA) is 0 Å². The fourth-order valence-electron chi connectivity index (χ4n) is 0.692. The Kier molecular flexibility index (Phi) is 2.17. The normalized spacial score (nSPS) is 9.50. The molecule has 0 aliphatic rings. The van der Waals surface area contributed by atoms with Crippen molar-refractivity contribution in [3.05, 3.63) is 41.0 Å². The van der Waals surface area contributed by atoms with E-state index in [9.17, 15) is 4.39 Å². The van der Waals surface area contributed by atoms with Crippen molar-refractivity contribution in [3.63, 3.8) is 0 Å². The van der Waals surface area contributed by atoms with Crippen molar-refractivity contribution in [3.8, 4) is 0 Å². The van der Waals surface area contributed by atoms with Crippen LogP contribution in [-0.4, -0.2) is 0 Å². The van der Waals surface area contributed by atoms with Gasteiger partial charge in [0.25, 0.3) is 0 Å². The second-order valence-electron chi connectivity index (χ2n) is 1.96. The van der Waals surface area contributed by atoms with Gasteiger partial charge >= 0.3 is 0 Å². The van der Waals surface area contributed by atoms with Crippen LogP contribution in [-0.2, 0) is 0 Å². The molecule has 0 bridgehead atoms. The zero-order chi connectivity index (χ0) is 7.56. The van der Waals surface area contributed by atoms with Crippen molar-refractivity contribution < 1.29 is 4.39 Å². The Morgan fingerprint density at radius 2 is 2.20 bits per heavy atom. The molecule has 1 aromatic rings. The van der Waals surface area contributed by atoms with Gasteiger partial charge in [0.05, 0.1) is 0 Å². The molecule has 0 spiro atoms. The predicted molar refractivity (Wildman–Crippen MR) is 40.5 cm³/mol. The summed E-state index contributed by atoms with van der Waals surface area (Å²) in [5, 5.41) is 0.176. The molecule has 0 nitrogen and oxygen atoms in total. The summed E-state index contributed by atoms with van der Waals surface area (Å²) in [6.45, 7) is 1.88. The van der Waals surface area contributed by atoms with E-state index in [1.54, 1.807) is 12.1 Å². The minimum absolute atomic E-state index is 0.176. The summed E-state index contributed by atoms with van der Waals surface area (Å²) in [5.74, 6) is -0.368. The summed E-state index contributed by atoms with van der Waals surface area (Å²) in [4.78, 5) is 0. The smallest absolute Gasteiger partial charge is 0.117 e. The average molecular weight is 158 g/mol. The highest BCUT2D eigenvalue weighted by molar-refractivity contribution is 6.30. The second kappa shape index (κ2) is 2.93. The molecule has 1 rings (SSSR count). The lowest BCUT2D eigenvalue weighted by molar-refractivity contribution is 0.628. The average Bonchev–Trinajstić information content (AvgIpc) is 1.95. The number of rotatable bonds is 1. The predicted octanol–water partition coefficient (Wildman–Crippen LogP) is 3.05. The Morgan fingerprint density at radius 1 is 1.50 bits per heavy atom. The third-order valence-electron chi connectivity index (χ3n) is 1.28. The van der Waals surface area contributed by atoms with Crippen LogP contribution in [0.1, 0.15) is 12.5 Å². The third-order valence-corrected chi connectivity index (χ3v) is 1.57. The van der Waals surface area contributed by atoms with Crippen molar-refractivity contribution in [1.82, 2.24) is 0 Å². The minimum Gasteiger partial charge on any atom is -0.208 e. The molecule has 0 unspecified atom stereocenters. The van der Waals surface area contributed by atoms with Gasteiger partial charge in [0.15, 0.2) is 0 Å². The minimum atomic E-state index is -0.368. The van der Waals surface area contributed by atoms with Crippen molar-refractivity contribution in [2.24, 2.45) is 0 Å². The maximum Gasteiger partial charge on any atom is 0.117 e. The highest BCUT2D eigenvalue weighted by Gasteiger charge is 1.90. The zero-order valence-electron chi connectivity index (χ0n) is 5.57. The summed E-state index contributed by atoms with van der Waals surface area (Å²) < 4.78 is 12.5. The summed E-state index contributed by atoms with van der Waals surface area (Å²) in [6, 6.07) is 4.63. The summed E-state index contributed by atoms with van der Waals surface area (Å²) in [6.07, 6.45) is 1.87. The van der Waals surface area contributed by atoms with Crippen LogP contribution in [0.3, 0.4) is 0 Å². The van der Waals surface area contributed by atoms with Crippen molar-refractivity contribution >= 4 is 11.6 Å². The van der Waals surface area contributed by atoms with Crippen molar-refractivity contribution in [1.29, 1.82) is 0 Å². The Balaban J connectivity index is 3.04. The first-order chi connectivity index (χ1) is 4.74. The van der Waals surface area contributed by atoms with E-state index in [0.717, 1.165) is 5.56 Å². The van der Waals surface area contributed by atoms with Crippen molar-refractivity contribution in [2.75, 3.05) is 0 Å². The Labute approximate surface area is 64.6 Å². The first-order valence-corrected chi connectivity index (χ1v) is 3.36. The molecule has 0 fully saturated rings. The van der Waals surface area contributed by atoms with Crippen molar-refractivity contribution in [2.45, 2.75) is 6.92 Å². The Hall–Kier alpha value is -0.690. The SMILES string of the molecule is C[CH-]c1ccc(F)c(Cl)c1. The molecule has 0 saturated carbocycles. The molecule has 2 heteroatoms. The van der Waals surface area contributed by atoms with E-state index in [2.05, 4.69) is 0 Å². The largest absolute Gasteiger partial charge is 0.208 e. The van der Waals surface area contributed by atoms with E-state index in [0.29, 0.717) is 0 Å². The molecule has 0 aliphatic heterocycles. The van der Waals surface area contributed by atoms with E-state index in [-0.39, 0.29) is 10.8 Å². The number of hydrogen-bond donors (Lipinski definition) is 0. The first kappa shape index (κ1) is 7.42. The molecule has 1 aromatic carbocycles. The fraction of sp³-hybridized carbons (Fsp3) is 0.125. The molecule has 0 heterocycles. The molecule has 0 saturated heterocycles. The van der Waals surface area contributed by atoms with Gasteiger partial charge in [-0.05, 0) is 0 Å². The lowest BCUT2D eigenvalue weighted by Crippen LogP contribution is -1.80. The number of benzene rings is 1. The Bertz CT molecular complexity index is 233. The third kappa shape index (κ3) is 1.42. The Morgan fingerprint density at radius 3 is 2.70 bits per heavy atom. The number of hydrogen-bond acceptors (Lipinski definition) is 0. The van der Waals surface area contributed by atoms with Gasteiger partial charge in [0.2, 0.25) is 0 Å². The van der Waals surface area contributed by atoms with Crippen LogP contribution in [0.4, 0.5) is 4.39 Å². The van der Waals surface area contributed by atoms with Crippen LogP contribution in [0, 0.1) is 12.2 Å². The van der Waals surface area contributed by atoms with Gasteiger partial charge in [-0.25, -0.2) is 4.39 Å². The van der Waals surface area contributed by atoms with Crippen LogP contribution in [0.15, 0.2) is 18.2 Å². The molecule has 0 atom stereocenters. The monoisotopic (exact) mass is 157 g/mol. The maximum atomic E-state index is 12.5. The highest BCUT2D eigenvalue weighted by atomic mass is 35.5. The summed E-state index contributed by atoms with van der Waals surface area (Å²) >= 11 is 5.50. The molecule has 0 radical (unpaired) electrons. The fourth-order valence-corrected chi connectivity index (χ4v) is 0.881.